The first kappa shape index (κ1) is 22.5. The molecule has 9 heteroatoms. The van der Waals surface area contributed by atoms with Crippen LogP contribution in [-0.4, -0.2) is 53.9 Å². The SMILES string of the molecule is COc1cc(C(=O)NCCCO)c(N(C)S(=O)(=O)c2ccc(C)cc2)cc1OC. The Labute approximate surface area is 171 Å². The maximum absolute atomic E-state index is 13.1. The number of carbonyl (C=O) groups is 1. The van der Waals surface area contributed by atoms with Gasteiger partial charge in [0.1, 0.15) is 0 Å². The van der Waals surface area contributed by atoms with Crippen molar-refractivity contribution in [3.8, 4) is 11.5 Å². The van der Waals surface area contributed by atoms with Crippen molar-refractivity contribution in [3.63, 3.8) is 0 Å². The Morgan fingerprint density at radius 2 is 1.69 bits per heavy atom. The number of nitrogens with one attached hydrogen (secondary N) is 1. The van der Waals surface area contributed by atoms with Crippen molar-refractivity contribution < 1.29 is 27.8 Å². The minimum absolute atomic E-state index is 0.0687. The summed E-state index contributed by atoms with van der Waals surface area (Å²) in [5, 5.41) is 11.6. The summed E-state index contributed by atoms with van der Waals surface area (Å²) in [7, 11) is 0.314. The second-order valence-corrected chi connectivity index (χ2v) is 8.31. The maximum Gasteiger partial charge on any atom is 0.264 e. The van der Waals surface area contributed by atoms with E-state index in [1.807, 2.05) is 6.92 Å². The largest absolute Gasteiger partial charge is 0.493 e. The van der Waals surface area contributed by atoms with Crippen LogP contribution in [0.4, 0.5) is 5.69 Å². The number of amides is 1. The van der Waals surface area contributed by atoms with Gasteiger partial charge >= 0.3 is 0 Å². The van der Waals surface area contributed by atoms with Crippen molar-refractivity contribution in [1.82, 2.24) is 5.32 Å². The van der Waals surface area contributed by atoms with Crippen LogP contribution in [0.2, 0.25) is 0 Å². The predicted molar refractivity (Wildman–Crippen MR) is 110 cm³/mol. The Morgan fingerprint density at radius 1 is 1.10 bits per heavy atom. The Bertz CT molecular complexity index is 958. The fraction of sp³-hybridized carbons (Fsp3) is 0.350. The molecule has 0 aliphatic heterocycles. The molecule has 0 heterocycles. The molecule has 0 aliphatic carbocycles. The van der Waals surface area contributed by atoms with Crippen molar-refractivity contribution in [1.29, 1.82) is 0 Å². The van der Waals surface area contributed by atoms with Crippen LogP contribution in [0.5, 0.6) is 11.5 Å². The van der Waals surface area contributed by atoms with E-state index in [2.05, 4.69) is 5.32 Å². The number of aliphatic hydroxyl groups is 1. The summed E-state index contributed by atoms with van der Waals surface area (Å²) < 4.78 is 37.8. The second-order valence-electron chi connectivity index (χ2n) is 6.34. The first-order valence-corrected chi connectivity index (χ1v) is 10.4. The normalized spacial score (nSPS) is 11.1. The minimum atomic E-state index is -3.92. The van der Waals surface area contributed by atoms with Gasteiger partial charge in [-0.3, -0.25) is 9.10 Å². The van der Waals surface area contributed by atoms with Crippen molar-refractivity contribution in [2.45, 2.75) is 18.2 Å². The van der Waals surface area contributed by atoms with Crippen LogP contribution in [0.15, 0.2) is 41.3 Å². The van der Waals surface area contributed by atoms with E-state index in [4.69, 9.17) is 14.6 Å². The molecule has 29 heavy (non-hydrogen) atoms. The van der Waals surface area contributed by atoms with Gasteiger partial charge in [0.2, 0.25) is 0 Å². The molecule has 0 saturated carbocycles. The number of carbonyl (C=O) groups excluding carboxylic acids is 1. The zero-order chi connectivity index (χ0) is 21.6. The highest BCUT2D eigenvalue weighted by Gasteiger charge is 2.27. The van der Waals surface area contributed by atoms with Gasteiger partial charge in [0.05, 0.1) is 30.4 Å². The minimum Gasteiger partial charge on any atom is -0.493 e. The quantitative estimate of drug-likeness (QED) is 0.599. The van der Waals surface area contributed by atoms with Crippen LogP contribution in [0.25, 0.3) is 0 Å². The summed E-state index contributed by atoms with van der Waals surface area (Å²) in [6.07, 6.45) is 0.381. The number of benzene rings is 2. The Balaban J connectivity index is 2.55. The highest BCUT2D eigenvalue weighted by atomic mass is 32.2. The smallest absolute Gasteiger partial charge is 0.264 e. The topological polar surface area (TPSA) is 105 Å². The van der Waals surface area contributed by atoms with E-state index in [1.54, 1.807) is 12.1 Å². The van der Waals surface area contributed by atoms with Gasteiger partial charge in [-0.1, -0.05) is 17.7 Å². The van der Waals surface area contributed by atoms with Gasteiger partial charge in [0, 0.05) is 26.3 Å². The standard InChI is InChI=1S/C20H26N2O6S/c1-14-6-8-15(9-7-14)29(25,26)22(2)17-13-19(28-4)18(27-3)12-16(17)20(24)21-10-5-11-23/h6-9,12-13,23H,5,10-11H2,1-4H3,(H,21,24). The zero-order valence-corrected chi connectivity index (χ0v) is 17.7. The van der Waals surface area contributed by atoms with Crippen molar-refractivity contribution in [2.75, 3.05) is 38.7 Å². The number of sulfonamides is 1. The predicted octanol–water partition coefficient (Wildman–Crippen LogP) is 1.95. The molecule has 2 rings (SSSR count). The Hall–Kier alpha value is -2.78. The third kappa shape index (κ3) is 4.99. The summed E-state index contributed by atoms with van der Waals surface area (Å²) in [5.41, 5.74) is 1.19. The maximum atomic E-state index is 13.1. The van der Waals surface area contributed by atoms with Gasteiger partial charge in [-0.2, -0.15) is 0 Å². The van der Waals surface area contributed by atoms with Crippen molar-refractivity contribution >= 4 is 21.6 Å². The van der Waals surface area contributed by atoms with Gasteiger partial charge < -0.3 is 19.9 Å². The molecule has 0 fully saturated rings. The number of methoxy groups -OCH3 is 2. The fourth-order valence-electron chi connectivity index (χ4n) is 2.68. The van der Waals surface area contributed by atoms with Crippen LogP contribution >= 0.6 is 0 Å². The summed E-state index contributed by atoms with van der Waals surface area (Å²) in [4.78, 5) is 12.8. The summed E-state index contributed by atoms with van der Waals surface area (Å²) in [6.45, 7) is 2.04. The molecule has 1 amide bonds. The monoisotopic (exact) mass is 422 g/mol. The van der Waals surface area contributed by atoms with Crippen LogP contribution in [0, 0.1) is 6.92 Å². The van der Waals surface area contributed by atoms with Gasteiger partial charge in [-0.25, -0.2) is 8.42 Å². The zero-order valence-electron chi connectivity index (χ0n) is 16.9. The number of aryl methyl sites for hydroxylation is 1. The van der Waals surface area contributed by atoms with E-state index in [0.717, 1.165) is 9.87 Å². The summed E-state index contributed by atoms with van der Waals surface area (Å²) in [6, 6.07) is 9.33. The molecule has 0 atom stereocenters. The molecule has 0 radical (unpaired) electrons. The van der Waals surface area contributed by atoms with E-state index in [0.29, 0.717) is 17.9 Å². The molecular formula is C20H26N2O6S. The fourth-order valence-corrected chi connectivity index (χ4v) is 3.89. The van der Waals surface area contributed by atoms with Gasteiger partial charge in [-0.05, 0) is 31.5 Å². The van der Waals surface area contributed by atoms with Crippen LogP contribution in [0.3, 0.4) is 0 Å². The van der Waals surface area contributed by atoms with E-state index >= 15 is 0 Å². The lowest BCUT2D eigenvalue weighted by atomic mass is 10.1. The molecule has 2 aromatic carbocycles. The molecule has 2 aromatic rings. The molecule has 8 nitrogen and oxygen atoms in total. The molecule has 0 bridgehead atoms. The number of hydrogen-bond acceptors (Lipinski definition) is 6. The molecule has 0 aliphatic rings. The highest BCUT2D eigenvalue weighted by molar-refractivity contribution is 7.92. The molecule has 0 aromatic heterocycles. The lowest BCUT2D eigenvalue weighted by Gasteiger charge is -2.24. The number of ether oxygens (including phenoxy) is 2. The van der Waals surface area contributed by atoms with Crippen LogP contribution in [0.1, 0.15) is 22.3 Å². The third-order valence-electron chi connectivity index (χ3n) is 4.39. The Morgan fingerprint density at radius 3 is 2.24 bits per heavy atom. The summed E-state index contributed by atoms with van der Waals surface area (Å²) >= 11 is 0. The average Bonchev–Trinajstić information content (AvgIpc) is 2.72. The number of hydrogen-bond donors (Lipinski definition) is 2. The van der Waals surface area contributed by atoms with Crippen LogP contribution in [-0.2, 0) is 10.0 Å². The summed E-state index contributed by atoms with van der Waals surface area (Å²) in [5.74, 6) is 0.102. The molecule has 0 spiro atoms. The first-order valence-electron chi connectivity index (χ1n) is 8.97. The van der Waals surface area contributed by atoms with Crippen molar-refractivity contribution in [3.05, 3.63) is 47.5 Å². The number of anilines is 1. The molecular weight excluding hydrogens is 396 g/mol. The second kappa shape index (κ2) is 9.62. The molecule has 0 unspecified atom stereocenters. The Kier molecular flexibility index (Phi) is 7.46. The van der Waals surface area contributed by atoms with E-state index in [1.165, 1.54) is 45.5 Å². The highest BCUT2D eigenvalue weighted by Crippen LogP contribution is 2.36. The number of nitrogens with zero attached hydrogens (tertiary/aromatic N) is 1. The third-order valence-corrected chi connectivity index (χ3v) is 6.17. The van der Waals surface area contributed by atoms with E-state index < -0.39 is 15.9 Å². The molecule has 0 saturated heterocycles. The molecule has 158 valence electrons. The van der Waals surface area contributed by atoms with Crippen LogP contribution < -0.4 is 19.1 Å². The first-order chi connectivity index (χ1) is 13.8. The number of aliphatic hydroxyl groups excluding tert-OH is 1. The van der Waals surface area contributed by atoms with E-state index in [-0.39, 0.29) is 29.3 Å². The van der Waals surface area contributed by atoms with Gasteiger partial charge in [0.25, 0.3) is 15.9 Å². The van der Waals surface area contributed by atoms with Crippen molar-refractivity contribution in [2.24, 2.45) is 0 Å². The molecule has 2 N–H and O–H groups in total. The number of rotatable bonds is 9. The van der Waals surface area contributed by atoms with Gasteiger partial charge in [-0.15, -0.1) is 0 Å². The lowest BCUT2D eigenvalue weighted by Crippen LogP contribution is -2.31. The van der Waals surface area contributed by atoms with Gasteiger partial charge in [0.15, 0.2) is 11.5 Å². The lowest BCUT2D eigenvalue weighted by molar-refractivity contribution is 0.0951. The van der Waals surface area contributed by atoms with E-state index in [9.17, 15) is 13.2 Å². The average molecular weight is 423 g/mol.